The molecule has 2 amide bonds. The predicted octanol–water partition coefficient (Wildman–Crippen LogP) is 3.20. The number of hydrazone groups is 1. The maximum Gasteiger partial charge on any atom is 0.259 e. The quantitative estimate of drug-likeness (QED) is 0.384. The van der Waals surface area contributed by atoms with E-state index in [4.69, 9.17) is 4.74 Å². The molecular formula is C20H20BrN3O3. The van der Waals surface area contributed by atoms with E-state index in [0.717, 1.165) is 10.0 Å². The van der Waals surface area contributed by atoms with Crippen molar-refractivity contribution in [1.29, 1.82) is 0 Å². The van der Waals surface area contributed by atoms with Crippen molar-refractivity contribution >= 4 is 34.0 Å². The van der Waals surface area contributed by atoms with E-state index in [0.29, 0.717) is 23.5 Å². The zero-order valence-electron chi connectivity index (χ0n) is 14.9. The summed E-state index contributed by atoms with van der Waals surface area (Å²) in [6.07, 6.45) is 3.12. The molecule has 0 aliphatic carbocycles. The number of halogens is 1. The number of nitrogens with one attached hydrogen (secondary N) is 2. The fraction of sp³-hybridized carbons (Fsp3) is 0.150. The lowest BCUT2D eigenvalue weighted by Crippen LogP contribution is -2.34. The molecule has 6 nitrogen and oxygen atoms in total. The van der Waals surface area contributed by atoms with E-state index in [1.54, 1.807) is 24.3 Å². The summed E-state index contributed by atoms with van der Waals surface area (Å²) in [6.45, 7) is 5.73. The molecule has 27 heavy (non-hydrogen) atoms. The van der Waals surface area contributed by atoms with E-state index >= 15 is 0 Å². The van der Waals surface area contributed by atoms with Gasteiger partial charge in [0.1, 0.15) is 12.4 Å². The number of amides is 2. The smallest absolute Gasteiger partial charge is 0.259 e. The summed E-state index contributed by atoms with van der Waals surface area (Å²) in [5.41, 5.74) is 4.62. The molecule has 0 heterocycles. The van der Waals surface area contributed by atoms with Crippen molar-refractivity contribution in [2.24, 2.45) is 5.10 Å². The van der Waals surface area contributed by atoms with Crippen molar-refractivity contribution in [3.63, 3.8) is 0 Å². The molecule has 2 N–H and O–H groups in total. The molecule has 0 aliphatic rings. The second-order valence-electron chi connectivity index (χ2n) is 5.62. The highest BCUT2D eigenvalue weighted by Gasteiger charge is 2.07. The maximum absolute atomic E-state index is 12.0. The Morgan fingerprint density at radius 3 is 2.67 bits per heavy atom. The fourth-order valence-electron chi connectivity index (χ4n) is 2.08. The molecule has 7 heteroatoms. The summed E-state index contributed by atoms with van der Waals surface area (Å²) < 4.78 is 6.39. The molecule has 0 atom stereocenters. The van der Waals surface area contributed by atoms with E-state index in [1.807, 2.05) is 31.2 Å². The molecular weight excluding hydrogens is 410 g/mol. The van der Waals surface area contributed by atoms with Gasteiger partial charge in [-0.3, -0.25) is 9.59 Å². The van der Waals surface area contributed by atoms with Crippen LogP contribution in [0.15, 0.2) is 64.7 Å². The van der Waals surface area contributed by atoms with Gasteiger partial charge in [-0.15, -0.1) is 0 Å². The van der Waals surface area contributed by atoms with Gasteiger partial charge in [-0.25, -0.2) is 5.43 Å². The van der Waals surface area contributed by atoms with Crippen LogP contribution in [-0.4, -0.2) is 31.2 Å². The van der Waals surface area contributed by atoms with Crippen LogP contribution in [0.2, 0.25) is 0 Å². The van der Waals surface area contributed by atoms with Gasteiger partial charge in [0.2, 0.25) is 0 Å². The van der Waals surface area contributed by atoms with Crippen LogP contribution in [0.5, 0.6) is 5.75 Å². The maximum atomic E-state index is 12.0. The number of nitrogens with zero attached hydrogens (tertiary/aromatic N) is 1. The number of ether oxygens (including phenoxy) is 1. The summed E-state index contributed by atoms with van der Waals surface area (Å²) >= 11 is 3.38. The van der Waals surface area contributed by atoms with Gasteiger partial charge >= 0.3 is 0 Å². The summed E-state index contributed by atoms with van der Waals surface area (Å²) in [6, 6.07) is 12.5. The lowest BCUT2D eigenvalue weighted by Gasteiger charge is -2.07. The second kappa shape index (κ2) is 10.3. The molecule has 0 aromatic heterocycles. The molecule has 0 unspecified atom stereocenters. The highest BCUT2D eigenvalue weighted by molar-refractivity contribution is 9.10. The van der Waals surface area contributed by atoms with E-state index in [1.165, 1.54) is 6.21 Å². The molecule has 2 aromatic rings. The highest BCUT2D eigenvalue weighted by atomic mass is 79.9. The Bertz CT molecular complexity index is 848. The molecule has 0 fully saturated rings. The third-order valence-electron chi connectivity index (χ3n) is 3.44. The Labute approximate surface area is 166 Å². The number of hydrogen-bond acceptors (Lipinski definition) is 4. The third kappa shape index (κ3) is 6.71. The number of aryl methyl sites for hydroxylation is 1. The van der Waals surface area contributed by atoms with Gasteiger partial charge in [-0.2, -0.15) is 5.10 Å². The van der Waals surface area contributed by atoms with Gasteiger partial charge in [0.25, 0.3) is 11.8 Å². The Morgan fingerprint density at radius 1 is 1.22 bits per heavy atom. The second-order valence-corrected chi connectivity index (χ2v) is 6.54. The van der Waals surface area contributed by atoms with Crippen LogP contribution in [0, 0.1) is 6.92 Å². The van der Waals surface area contributed by atoms with Gasteiger partial charge in [0.15, 0.2) is 0 Å². The minimum Gasteiger partial charge on any atom is -0.489 e. The van der Waals surface area contributed by atoms with E-state index < -0.39 is 5.91 Å². The number of benzene rings is 2. The first-order valence-corrected chi connectivity index (χ1v) is 8.99. The minimum absolute atomic E-state index is 0.178. The van der Waals surface area contributed by atoms with Crippen molar-refractivity contribution in [3.8, 4) is 5.75 Å². The Hall–Kier alpha value is -2.93. The first-order chi connectivity index (χ1) is 13.0. The van der Waals surface area contributed by atoms with Gasteiger partial charge in [-0.05, 0) is 37.3 Å². The SMILES string of the molecule is C=CCOc1ccc(Br)cc1/C=N/NC(=O)CNC(=O)c1ccc(C)cc1. The van der Waals surface area contributed by atoms with Crippen LogP contribution >= 0.6 is 15.9 Å². The van der Waals surface area contributed by atoms with Crippen molar-refractivity contribution < 1.29 is 14.3 Å². The first kappa shape index (κ1) is 20.4. The average molecular weight is 430 g/mol. The van der Waals surface area contributed by atoms with Crippen molar-refractivity contribution in [1.82, 2.24) is 10.7 Å². The van der Waals surface area contributed by atoms with E-state index in [9.17, 15) is 9.59 Å². The normalized spacial score (nSPS) is 10.4. The molecule has 0 spiro atoms. The minimum atomic E-state index is -0.435. The summed E-state index contributed by atoms with van der Waals surface area (Å²) in [5.74, 6) is -0.139. The van der Waals surface area contributed by atoms with Gasteiger partial charge in [-0.1, -0.05) is 46.3 Å². The van der Waals surface area contributed by atoms with Gasteiger partial charge in [0, 0.05) is 15.6 Å². The zero-order valence-corrected chi connectivity index (χ0v) is 16.5. The number of hydrogen-bond donors (Lipinski definition) is 2. The molecule has 0 radical (unpaired) electrons. The first-order valence-electron chi connectivity index (χ1n) is 8.19. The lowest BCUT2D eigenvalue weighted by molar-refractivity contribution is -0.120. The van der Waals surface area contributed by atoms with Crippen LogP contribution in [0.3, 0.4) is 0 Å². The Balaban J connectivity index is 1.87. The van der Waals surface area contributed by atoms with Crippen LogP contribution < -0.4 is 15.5 Å². The molecule has 0 saturated heterocycles. The molecule has 0 saturated carbocycles. The summed E-state index contributed by atoms with van der Waals surface area (Å²) in [4.78, 5) is 23.8. The fourth-order valence-corrected chi connectivity index (χ4v) is 2.46. The monoisotopic (exact) mass is 429 g/mol. The average Bonchev–Trinajstić information content (AvgIpc) is 2.66. The number of carbonyl (C=O) groups is 2. The van der Waals surface area contributed by atoms with E-state index in [-0.39, 0.29) is 12.5 Å². The number of carbonyl (C=O) groups excluding carboxylic acids is 2. The predicted molar refractivity (Wildman–Crippen MR) is 109 cm³/mol. The van der Waals surface area contributed by atoms with Gasteiger partial charge < -0.3 is 10.1 Å². The molecule has 0 aliphatic heterocycles. The van der Waals surface area contributed by atoms with Gasteiger partial charge in [0.05, 0.1) is 12.8 Å². The van der Waals surface area contributed by atoms with Crippen molar-refractivity contribution in [2.45, 2.75) is 6.92 Å². The summed E-state index contributed by atoms with van der Waals surface area (Å²) in [7, 11) is 0. The lowest BCUT2D eigenvalue weighted by atomic mass is 10.1. The third-order valence-corrected chi connectivity index (χ3v) is 3.94. The van der Waals surface area contributed by atoms with Crippen LogP contribution in [-0.2, 0) is 4.79 Å². The van der Waals surface area contributed by atoms with Crippen molar-refractivity contribution in [2.75, 3.05) is 13.2 Å². The van der Waals surface area contributed by atoms with E-state index in [2.05, 4.69) is 38.4 Å². The molecule has 2 aromatic carbocycles. The topological polar surface area (TPSA) is 79.8 Å². The Morgan fingerprint density at radius 2 is 1.96 bits per heavy atom. The van der Waals surface area contributed by atoms with Crippen LogP contribution in [0.25, 0.3) is 0 Å². The number of rotatable bonds is 8. The summed E-state index contributed by atoms with van der Waals surface area (Å²) in [5, 5.41) is 6.46. The Kier molecular flexibility index (Phi) is 7.76. The standard InChI is InChI=1S/C20H20BrN3O3/c1-3-10-27-18-9-8-17(21)11-16(18)12-23-24-19(25)13-22-20(26)15-6-4-14(2)5-7-15/h3-9,11-12H,1,10,13H2,2H3,(H,22,26)(H,24,25)/b23-12+. The molecule has 0 bridgehead atoms. The highest BCUT2D eigenvalue weighted by Crippen LogP contribution is 2.21. The van der Waals surface area contributed by atoms with Crippen molar-refractivity contribution in [3.05, 3.63) is 76.3 Å². The largest absolute Gasteiger partial charge is 0.489 e. The molecule has 140 valence electrons. The zero-order chi connectivity index (χ0) is 19.6. The van der Waals surface area contributed by atoms with Crippen LogP contribution in [0.1, 0.15) is 21.5 Å². The van der Waals surface area contributed by atoms with Crippen LogP contribution in [0.4, 0.5) is 0 Å². The molecule has 2 rings (SSSR count).